The van der Waals surface area contributed by atoms with E-state index in [9.17, 15) is 85.6 Å². The number of carboxylic acid groups (broad SMARTS) is 1. The Hall–Kier alpha value is -3.52. The van der Waals surface area contributed by atoms with Gasteiger partial charge in [-0.2, -0.15) is 0 Å². The minimum Gasteiger partial charge on any atom is -0.481 e. The van der Waals surface area contributed by atoms with Crippen molar-refractivity contribution in [1.29, 1.82) is 0 Å². The summed E-state index contributed by atoms with van der Waals surface area (Å²) in [7, 11) is 2.83. The van der Waals surface area contributed by atoms with Crippen molar-refractivity contribution in [3.8, 4) is 0 Å². The fourth-order valence-corrected chi connectivity index (χ4v) is 13.1. The number of esters is 3. The number of carboxylic acids is 1. The van der Waals surface area contributed by atoms with Gasteiger partial charge in [0.1, 0.15) is 92.9 Å². The molecule has 4 saturated carbocycles. The molecule has 8 aliphatic rings. The summed E-state index contributed by atoms with van der Waals surface area (Å²) in [4.78, 5) is 50.1. The molecule has 8 rings (SSSR count). The summed E-state index contributed by atoms with van der Waals surface area (Å²) < 4.78 is 71.4. The number of ether oxygens (including phenoxy) is 12. The Bertz CT molecular complexity index is 2240. The fraction of sp³-hybridized carbons (Fsp3) is 0.857. The zero-order valence-corrected chi connectivity index (χ0v) is 47.7. The molecule has 490 valence electrons. The van der Waals surface area contributed by atoms with Gasteiger partial charge in [-0.05, 0) is 88.4 Å². The maximum absolute atomic E-state index is 13.7. The molecule has 0 aromatic carbocycles. The molecule has 86 heavy (non-hydrogen) atoms. The molecule has 26 atom stereocenters. The summed E-state index contributed by atoms with van der Waals surface area (Å²) in [6.45, 7) is -2.38. The molecule has 0 bridgehead atoms. The number of aliphatic carboxylic acids is 1. The summed E-state index contributed by atoms with van der Waals surface area (Å²) >= 11 is 0. The van der Waals surface area contributed by atoms with Crippen LogP contribution < -0.4 is 0 Å². The first-order valence-electron chi connectivity index (χ1n) is 29.5. The van der Waals surface area contributed by atoms with Crippen LogP contribution in [0, 0.1) is 23.7 Å². The van der Waals surface area contributed by atoms with Gasteiger partial charge in [-0.3, -0.25) is 9.59 Å². The third kappa shape index (κ3) is 16.9. The average molecular weight is 1240 g/mol. The number of methoxy groups -OCH3 is 2. The summed E-state index contributed by atoms with van der Waals surface area (Å²) in [5.74, 6) is -6.46. The van der Waals surface area contributed by atoms with Crippen molar-refractivity contribution in [2.75, 3.05) is 34.0 Å². The van der Waals surface area contributed by atoms with Crippen LogP contribution in [0.1, 0.15) is 83.5 Å². The van der Waals surface area contributed by atoms with Crippen LogP contribution in [-0.4, -0.2) is 289 Å². The highest BCUT2D eigenvalue weighted by molar-refractivity contribution is 5.90. The molecule has 4 saturated heterocycles. The van der Waals surface area contributed by atoms with Crippen LogP contribution in [0.25, 0.3) is 0 Å². The molecule has 30 nitrogen and oxygen atoms in total. The van der Waals surface area contributed by atoms with Crippen LogP contribution in [-0.2, 0) is 76.0 Å². The Balaban J connectivity index is 1.08. The first-order valence-corrected chi connectivity index (χ1v) is 29.5. The lowest BCUT2D eigenvalue weighted by Crippen LogP contribution is -2.66. The van der Waals surface area contributed by atoms with E-state index >= 15 is 0 Å². The van der Waals surface area contributed by atoms with E-state index in [1.807, 2.05) is 0 Å². The highest BCUT2D eigenvalue weighted by Gasteiger charge is 2.57. The molecule has 0 amide bonds. The Morgan fingerprint density at radius 1 is 0.488 bits per heavy atom. The number of hydrogen-bond donors (Lipinski definition) is 14. The molecule has 0 aromatic heterocycles. The molecule has 26 unspecified atom stereocenters. The van der Waals surface area contributed by atoms with Gasteiger partial charge in [-0.25, -0.2) is 9.59 Å². The normalized spacial score (nSPS) is 45.9. The number of fused-ring (bicyclic) bond motifs is 1. The molecule has 4 aliphatic carbocycles. The number of aliphatic hydroxyl groups is 13. The lowest BCUT2D eigenvalue weighted by Gasteiger charge is -2.53. The maximum Gasteiger partial charge on any atom is 0.330 e. The molecule has 0 aromatic rings. The van der Waals surface area contributed by atoms with E-state index < -0.39 is 221 Å². The monoisotopic (exact) mass is 1240 g/mol. The standard InChI is InChI=1S/C56H86O30/c1-75-33-13-24(14-34(76-2)43(33)67)6-12-41(65)85-52-48(72)44(68)36(20-57)82-56(52)86-53-49(73)46(70)38(21-77-40(64)11-5-23-3-8-26(58)9-4-23)84-55(53)81-35-18-28-31(79-51(35)25-7-10-29(60)30(61)15-25)16-27(59)17-32(28)80-54-50(74)47(71)45(69)37(83-54)22-78-42(66)19-39(62)63/h5-6,11-12,23-38,43-61,67-74H,3-4,7-10,13-22H2,1-2H3,(H,62,63). The molecular formula is C56H86O30. The highest BCUT2D eigenvalue weighted by Crippen LogP contribution is 2.46. The molecule has 14 N–H and O–H groups in total. The van der Waals surface area contributed by atoms with Crippen molar-refractivity contribution < 1.29 is 148 Å². The number of carbonyl (C=O) groups excluding carboxylic acids is 3. The fourth-order valence-electron chi connectivity index (χ4n) is 13.1. The van der Waals surface area contributed by atoms with Crippen molar-refractivity contribution in [2.45, 2.75) is 243 Å². The van der Waals surface area contributed by atoms with E-state index in [0.29, 0.717) is 25.7 Å². The van der Waals surface area contributed by atoms with Crippen molar-refractivity contribution in [3.05, 3.63) is 24.3 Å². The minimum atomic E-state index is -2.09. The van der Waals surface area contributed by atoms with Crippen LogP contribution in [0.4, 0.5) is 0 Å². The topological polar surface area (TPSA) is 462 Å². The van der Waals surface area contributed by atoms with Crippen molar-refractivity contribution in [2.24, 2.45) is 23.7 Å². The van der Waals surface area contributed by atoms with Gasteiger partial charge in [-0.1, -0.05) is 12.2 Å². The molecule has 8 fully saturated rings. The first-order chi connectivity index (χ1) is 41.0. The lowest BCUT2D eigenvalue weighted by molar-refractivity contribution is -0.380. The lowest BCUT2D eigenvalue weighted by atomic mass is 9.72. The van der Waals surface area contributed by atoms with Gasteiger partial charge in [-0.15, -0.1) is 0 Å². The zero-order valence-electron chi connectivity index (χ0n) is 47.7. The molecule has 0 radical (unpaired) electrons. The first kappa shape index (κ1) is 68.4. The number of rotatable bonds is 21. The van der Waals surface area contributed by atoms with E-state index in [2.05, 4.69) is 0 Å². The third-order valence-corrected chi connectivity index (χ3v) is 18.0. The van der Waals surface area contributed by atoms with Gasteiger partial charge in [0.05, 0.1) is 67.6 Å². The average Bonchev–Trinajstić information content (AvgIpc) is 1.37. The second-order valence-electron chi connectivity index (χ2n) is 23.9. The van der Waals surface area contributed by atoms with Gasteiger partial charge < -0.3 is 128 Å². The summed E-state index contributed by atoms with van der Waals surface area (Å²) in [5.41, 5.74) is 0. The van der Waals surface area contributed by atoms with E-state index in [-0.39, 0.29) is 63.2 Å². The smallest absolute Gasteiger partial charge is 0.330 e. The molecule has 30 heteroatoms. The van der Waals surface area contributed by atoms with Gasteiger partial charge in [0.2, 0.25) is 0 Å². The Morgan fingerprint density at radius 3 is 1.72 bits per heavy atom. The van der Waals surface area contributed by atoms with E-state index in [1.54, 1.807) is 6.08 Å². The predicted octanol–water partition coefficient (Wildman–Crippen LogP) is -4.78. The molecule has 4 heterocycles. The minimum absolute atomic E-state index is 0.00399. The Morgan fingerprint density at radius 2 is 1.07 bits per heavy atom. The number of aliphatic hydroxyl groups excluding tert-OH is 13. The predicted molar refractivity (Wildman–Crippen MR) is 282 cm³/mol. The van der Waals surface area contributed by atoms with Crippen molar-refractivity contribution >= 4 is 23.9 Å². The van der Waals surface area contributed by atoms with Crippen LogP contribution in [0.2, 0.25) is 0 Å². The summed E-state index contributed by atoms with van der Waals surface area (Å²) in [6, 6.07) is 0. The molecule has 0 spiro atoms. The third-order valence-electron chi connectivity index (χ3n) is 18.0. The number of allylic oxidation sites excluding steroid dienone is 2. The Labute approximate surface area is 495 Å². The van der Waals surface area contributed by atoms with Gasteiger partial charge >= 0.3 is 23.9 Å². The number of hydrogen-bond acceptors (Lipinski definition) is 29. The van der Waals surface area contributed by atoms with Gasteiger partial charge in [0.15, 0.2) is 25.0 Å². The van der Waals surface area contributed by atoms with E-state index in [1.165, 1.54) is 26.4 Å². The second-order valence-corrected chi connectivity index (χ2v) is 23.9. The van der Waals surface area contributed by atoms with E-state index in [0.717, 1.165) is 6.08 Å². The quantitative estimate of drug-likeness (QED) is 0.0222. The van der Waals surface area contributed by atoms with Crippen LogP contribution in [0.15, 0.2) is 24.3 Å². The van der Waals surface area contributed by atoms with Gasteiger partial charge in [0, 0.05) is 38.7 Å². The largest absolute Gasteiger partial charge is 0.481 e. The summed E-state index contributed by atoms with van der Waals surface area (Å²) in [5, 5.41) is 152. The summed E-state index contributed by atoms with van der Waals surface area (Å²) in [6.07, 6.45) is -31.2. The molecule has 4 aliphatic heterocycles. The van der Waals surface area contributed by atoms with Crippen molar-refractivity contribution in [1.82, 2.24) is 0 Å². The SMILES string of the molecule is COC1CC(C=CC(=O)OC2C(OC3C(OC4CC5C(OC6OC(COC(=O)CC(=O)O)C(O)C(O)C6O)CC(O)CC5OC4C4CCC(O)C(O)C4)OC(COC(=O)C=CC4CCC(O)CC4)C(O)C3O)OC(CO)C(O)C2O)CC(OC)C1O. The van der Waals surface area contributed by atoms with Crippen LogP contribution in [0.3, 0.4) is 0 Å². The van der Waals surface area contributed by atoms with Crippen LogP contribution in [0.5, 0.6) is 0 Å². The zero-order chi connectivity index (χ0) is 62.3. The van der Waals surface area contributed by atoms with E-state index in [4.69, 9.17) is 61.9 Å². The maximum atomic E-state index is 13.7. The van der Waals surface area contributed by atoms with Gasteiger partial charge in [0.25, 0.3) is 0 Å². The van der Waals surface area contributed by atoms with Crippen molar-refractivity contribution in [3.63, 3.8) is 0 Å². The Kier molecular flexibility index (Phi) is 24.7. The second kappa shape index (κ2) is 31.0. The number of carbonyl (C=O) groups is 4. The highest BCUT2D eigenvalue weighted by atomic mass is 16.8. The molecular weight excluding hydrogens is 1150 g/mol. The van der Waals surface area contributed by atoms with Crippen LogP contribution >= 0.6 is 0 Å².